The molecular formula is C16H16N2O5S. The van der Waals surface area contributed by atoms with Gasteiger partial charge >= 0.3 is 11.0 Å². The number of anilines is 1. The first-order valence-electron chi connectivity index (χ1n) is 7.25. The Kier molecular flexibility index (Phi) is 5.64. The van der Waals surface area contributed by atoms with Crippen LogP contribution in [0.2, 0.25) is 0 Å². The zero-order valence-electron chi connectivity index (χ0n) is 13.2. The average molecular weight is 348 g/mol. The zero-order valence-corrected chi connectivity index (χ0v) is 14.0. The molecule has 2 rings (SSSR count). The van der Waals surface area contributed by atoms with Crippen LogP contribution in [0.4, 0.5) is 10.7 Å². The zero-order chi connectivity index (χ0) is 17.7. The summed E-state index contributed by atoms with van der Waals surface area (Å²) in [5.74, 6) is -1.11. The Morgan fingerprint density at radius 1 is 1.25 bits per heavy atom. The monoisotopic (exact) mass is 348 g/mol. The molecule has 0 bridgehead atoms. The molecule has 2 aromatic rings. The lowest BCUT2D eigenvalue weighted by Crippen LogP contribution is -2.40. The number of esters is 1. The number of carbonyl (C=O) groups is 2. The summed E-state index contributed by atoms with van der Waals surface area (Å²) in [6.45, 7) is 3.73. The first-order chi connectivity index (χ1) is 11.4. The highest BCUT2D eigenvalue weighted by molar-refractivity contribution is 7.17. The van der Waals surface area contributed by atoms with Gasteiger partial charge in [0, 0.05) is 18.3 Å². The molecule has 0 aliphatic heterocycles. The summed E-state index contributed by atoms with van der Waals surface area (Å²) < 4.78 is 5.15. The topological polar surface area (TPSA) is 89.8 Å². The van der Waals surface area contributed by atoms with Crippen LogP contribution in [0, 0.1) is 10.1 Å². The van der Waals surface area contributed by atoms with E-state index in [2.05, 4.69) is 0 Å². The van der Waals surface area contributed by atoms with Crippen molar-refractivity contribution in [1.82, 2.24) is 0 Å². The van der Waals surface area contributed by atoms with E-state index < -0.39 is 17.0 Å². The van der Waals surface area contributed by atoms with Gasteiger partial charge in [0.2, 0.25) is 0 Å². The van der Waals surface area contributed by atoms with E-state index in [1.54, 1.807) is 12.1 Å². The summed E-state index contributed by atoms with van der Waals surface area (Å²) in [4.78, 5) is 36.2. The Morgan fingerprint density at radius 3 is 2.46 bits per heavy atom. The van der Waals surface area contributed by atoms with E-state index in [1.165, 1.54) is 24.0 Å². The number of hydrogen-bond donors (Lipinski definition) is 0. The number of carbonyl (C=O) groups excluding carboxylic acids is 2. The molecule has 1 aromatic heterocycles. The molecule has 8 heteroatoms. The van der Waals surface area contributed by atoms with Crippen LogP contribution in [0.25, 0.3) is 0 Å². The standard InChI is InChI=1S/C16H16N2O5S/c1-3-17(12-7-5-4-6-8-12)15(19)11(2)23-16(20)13-9-10-14(24-13)18(21)22/h4-11H,3H2,1-2H3/t11-/m1/s1. The molecule has 0 unspecified atom stereocenters. The highest BCUT2D eigenvalue weighted by Crippen LogP contribution is 2.25. The predicted octanol–water partition coefficient (Wildman–Crippen LogP) is 3.25. The fraction of sp³-hybridized carbons (Fsp3) is 0.250. The van der Waals surface area contributed by atoms with Gasteiger partial charge in [-0.25, -0.2) is 4.79 Å². The molecule has 0 N–H and O–H groups in total. The normalized spacial score (nSPS) is 11.6. The van der Waals surface area contributed by atoms with Crippen LogP contribution in [0.1, 0.15) is 23.5 Å². The van der Waals surface area contributed by atoms with Crippen molar-refractivity contribution in [3.8, 4) is 0 Å². The SMILES string of the molecule is CCN(C(=O)[C@@H](C)OC(=O)c1ccc([N+](=O)[O-])s1)c1ccccc1. The number of nitrogens with zero attached hydrogens (tertiary/aromatic N) is 2. The Balaban J connectivity index is 2.07. The summed E-state index contributed by atoms with van der Waals surface area (Å²) in [6, 6.07) is 11.6. The van der Waals surface area contributed by atoms with Crippen LogP contribution in [0.5, 0.6) is 0 Å². The Hall–Kier alpha value is -2.74. The fourth-order valence-corrected chi connectivity index (χ4v) is 2.80. The lowest BCUT2D eigenvalue weighted by Gasteiger charge is -2.24. The minimum atomic E-state index is -1.00. The third kappa shape index (κ3) is 3.96. The van der Waals surface area contributed by atoms with Crippen molar-refractivity contribution in [2.75, 3.05) is 11.4 Å². The molecule has 126 valence electrons. The molecule has 1 heterocycles. The molecule has 24 heavy (non-hydrogen) atoms. The number of nitro groups is 1. The quantitative estimate of drug-likeness (QED) is 0.454. The van der Waals surface area contributed by atoms with E-state index in [9.17, 15) is 19.7 Å². The lowest BCUT2D eigenvalue weighted by atomic mass is 10.2. The number of thiophene rings is 1. The number of amides is 1. The number of rotatable bonds is 6. The molecule has 0 spiro atoms. The summed E-state index contributed by atoms with van der Waals surface area (Å²) in [7, 11) is 0. The van der Waals surface area contributed by atoms with Gasteiger partial charge in [-0.15, -0.1) is 0 Å². The van der Waals surface area contributed by atoms with Gasteiger partial charge in [-0.1, -0.05) is 29.5 Å². The van der Waals surface area contributed by atoms with Crippen LogP contribution >= 0.6 is 11.3 Å². The van der Waals surface area contributed by atoms with Crippen LogP contribution in [-0.4, -0.2) is 29.4 Å². The van der Waals surface area contributed by atoms with E-state index in [-0.39, 0.29) is 15.8 Å². The number of ether oxygens (including phenoxy) is 1. The first kappa shape index (κ1) is 17.6. The van der Waals surface area contributed by atoms with E-state index in [0.717, 1.165) is 0 Å². The third-order valence-electron chi connectivity index (χ3n) is 3.25. The van der Waals surface area contributed by atoms with E-state index >= 15 is 0 Å². The second-order valence-electron chi connectivity index (χ2n) is 4.86. The second-order valence-corrected chi connectivity index (χ2v) is 5.92. The van der Waals surface area contributed by atoms with Gasteiger partial charge in [-0.2, -0.15) is 0 Å². The van der Waals surface area contributed by atoms with E-state index in [4.69, 9.17) is 4.74 Å². The number of likely N-dealkylation sites (N-methyl/N-ethyl adjacent to an activating group) is 1. The van der Waals surface area contributed by atoms with Crippen molar-refractivity contribution in [1.29, 1.82) is 0 Å². The predicted molar refractivity (Wildman–Crippen MR) is 90.3 cm³/mol. The molecule has 0 fully saturated rings. The second kappa shape index (κ2) is 7.69. The van der Waals surface area contributed by atoms with E-state index in [0.29, 0.717) is 23.6 Å². The molecule has 0 radical (unpaired) electrons. The Morgan fingerprint density at radius 2 is 1.92 bits per heavy atom. The molecule has 1 amide bonds. The summed E-state index contributed by atoms with van der Waals surface area (Å²) >= 11 is 0.715. The van der Waals surface area contributed by atoms with Crippen LogP contribution in [-0.2, 0) is 9.53 Å². The van der Waals surface area contributed by atoms with Crippen LogP contribution < -0.4 is 4.90 Å². The average Bonchev–Trinajstić information content (AvgIpc) is 3.06. The van der Waals surface area contributed by atoms with Crippen molar-refractivity contribution >= 4 is 33.9 Å². The maximum Gasteiger partial charge on any atom is 0.349 e. The highest BCUT2D eigenvalue weighted by Gasteiger charge is 2.26. The van der Waals surface area contributed by atoms with Gasteiger partial charge in [-0.3, -0.25) is 14.9 Å². The number of benzene rings is 1. The maximum absolute atomic E-state index is 12.5. The number of para-hydroxylation sites is 1. The largest absolute Gasteiger partial charge is 0.448 e. The number of hydrogen-bond acceptors (Lipinski definition) is 6. The maximum atomic E-state index is 12.5. The van der Waals surface area contributed by atoms with Gasteiger partial charge in [0.05, 0.1) is 4.92 Å². The molecule has 0 saturated carbocycles. The van der Waals surface area contributed by atoms with Crippen LogP contribution in [0.3, 0.4) is 0 Å². The molecule has 1 atom stereocenters. The molecule has 7 nitrogen and oxygen atoms in total. The summed E-state index contributed by atoms with van der Waals surface area (Å²) in [5, 5.41) is 10.5. The molecule has 1 aromatic carbocycles. The summed E-state index contributed by atoms with van der Waals surface area (Å²) in [6.07, 6.45) is -1.00. The molecular weight excluding hydrogens is 332 g/mol. The lowest BCUT2D eigenvalue weighted by molar-refractivity contribution is -0.380. The minimum absolute atomic E-state index is 0.0871. The Labute approximate surface area is 142 Å². The highest BCUT2D eigenvalue weighted by atomic mass is 32.1. The Bertz CT molecular complexity index is 744. The van der Waals surface area contributed by atoms with Crippen molar-refractivity contribution in [3.63, 3.8) is 0 Å². The fourth-order valence-electron chi connectivity index (χ4n) is 2.10. The van der Waals surface area contributed by atoms with Crippen molar-refractivity contribution < 1.29 is 19.2 Å². The minimum Gasteiger partial charge on any atom is -0.448 e. The van der Waals surface area contributed by atoms with Crippen molar-refractivity contribution in [3.05, 3.63) is 57.5 Å². The smallest absolute Gasteiger partial charge is 0.349 e. The molecule has 0 aliphatic rings. The molecule has 0 aliphatic carbocycles. The molecule has 0 saturated heterocycles. The van der Waals surface area contributed by atoms with Gasteiger partial charge in [0.15, 0.2) is 6.10 Å². The van der Waals surface area contributed by atoms with E-state index in [1.807, 2.05) is 25.1 Å². The van der Waals surface area contributed by atoms with Gasteiger partial charge in [0.25, 0.3) is 5.91 Å². The van der Waals surface area contributed by atoms with Gasteiger partial charge in [0.1, 0.15) is 4.88 Å². The van der Waals surface area contributed by atoms with Gasteiger partial charge < -0.3 is 9.64 Å². The van der Waals surface area contributed by atoms with Crippen molar-refractivity contribution in [2.45, 2.75) is 20.0 Å². The van der Waals surface area contributed by atoms with Gasteiger partial charge in [-0.05, 0) is 32.0 Å². The third-order valence-corrected chi connectivity index (χ3v) is 4.27. The first-order valence-corrected chi connectivity index (χ1v) is 8.07. The van der Waals surface area contributed by atoms with Crippen LogP contribution in [0.15, 0.2) is 42.5 Å². The van der Waals surface area contributed by atoms with Crippen molar-refractivity contribution in [2.24, 2.45) is 0 Å². The summed E-state index contributed by atoms with van der Waals surface area (Å²) in [5.41, 5.74) is 0.708.